The first-order valence-corrected chi connectivity index (χ1v) is 6.02. The molecule has 0 aliphatic rings. The Kier molecular flexibility index (Phi) is 4.34. The molecule has 0 fully saturated rings. The highest BCUT2D eigenvalue weighted by molar-refractivity contribution is 5.47. The molecular weight excluding hydrogens is 234 g/mol. The van der Waals surface area contributed by atoms with Gasteiger partial charge in [0.15, 0.2) is 0 Å². The number of benzene rings is 2. The van der Waals surface area contributed by atoms with E-state index in [1.807, 2.05) is 54.6 Å². The number of rotatable bonds is 2. The first kappa shape index (κ1) is 12.9. The highest BCUT2D eigenvalue weighted by Crippen LogP contribution is 2.19. The summed E-state index contributed by atoms with van der Waals surface area (Å²) in [5.74, 6) is 6.10. The molecule has 0 heterocycles. The normalized spacial score (nSPS) is 10.9. The molecule has 0 saturated carbocycles. The molecule has 0 bridgehead atoms. The van der Waals surface area contributed by atoms with E-state index in [2.05, 4.69) is 11.8 Å². The van der Waals surface area contributed by atoms with Crippen LogP contribution in [0.25, 0.3) is 0 Å². The van der Waals surface area contributed by atoms with Crippen LogP contribution in [0.15, 0.2) is 54.6 Å². The van der Waals surface area contributed by atoms with Crippen LogP contribution in [0, 0.1) is 23.2 Å². The zero-order valence-electron chi connectivity index (χ0n) is 10.4. The summed E-state index contributed by atoms with van der Waals surface area (Å²) >= 11 is 0. The van der Waals surface area contributed by atoms with E-state index in [4.69, 9.17) is 5.26 Å². The van der Waals surface area contributed by atoms with Crippen LogP contribution < -0.4 is 0 Å². The van der Waals surface area contributed by atoms with Crippen molar-refractivity contribution in [3.8, 4) is 17.9 Å². The van der Waals surface area contributed by atoms with Gasteiger partial charge in [0.05, 0.1) is 18.6 Å². The van der Waals surface area contributed by atoms with Crippen molar-refractivity contribution in [2.75, 3.05) is 0 Å². The summed E-state index contributed by atoms with van der Waals surface area (Å²) in [4.78, 5) is 0. The SMILES string of the molecule is N#CCC(O)c1ccccc1C#Cc1ccccc1. The molecular formula is C17H13NO. The average molecular weight is 247 g/mol. The second-order valence-corrected chi connectivity index (χ2v) is 4.08. The third-order valence-electron chi connectivity index (χ3n) is 2.72. The molecule has 1 N–H and O–H groups in total. The van der Waals surface area contributed by atoms with Crippen LogP contribution in [0.4, 0.5) is 0 Å². The van der Waals surface area contributed by atoms with Crippen molar-refractivity contribution in [1.29, 1.82) is 5.26 Å². The minimum Gasteiger partial charge on any atom is -0.387 e. The standard InChI is InChI=1S/C17H13NO/c18-13-12-17(19)16-9-5-4-8-15(16)11-10-14-6-2-1-3-7-14/h1-9,17,19H,12H2. The Morgan fingerprint density at radius 1 is 0.947 bits per heavy atom. The molecule has 0 radical (unpaired) electrons. The summed E-state index contributed by atoms with van der Waals surface area (Å²) < 4.78 is 0. The van der Waals surface area contributed by atoms with Crippen molar-refractivity contribution in [3.63, 3.8) is 0 Å². The highest BCUT2D eigenvalue weighted by atomic mass is 16.3. The molecule has 92 valence electrons. The van der Waals surface area contributed by atoms with Gasteiger partial charge in [0.1, 0.15) is 0 Å². The van der Waals surface area contributed by atoms with E-state index < -0.39 is 6.10 Å². The molecule has 0 spiro atoms. The van der Waals surface area contributed by atoms with E-state index in [1.54, 1.807) is 6.07 Å². The lowest BCUT2D eigenvalue weighted by molar-refractivity contribution is 0.183. The third kappa shape index (κ3) is 3.45. The summed E-state index contributed by atoms with van der Waals surface area (Å²) in [7, 11) is 0. The molecule has 1 unspecified atom stereocenters. The van der Waals surface area contributed by atoms with Gasteiger partial charge < -0.3 is 5.11 Å². The zero-order valence-corrected chi connectivity index (χ0v) is 10.4. The number of hydrogen-bond donors (Lipinski definition) is 1. The van der Waals surface area contributed by atoms with Crippen molar-refractivity contribution in [2.45, 2.75) is 12.5 Å². The van der Waals surface area contributed by atoms with Crippen LogP contribution in [-0.4, -0.2) is 5.11 Å². The van der Waals surface area contributed by atoms with E-state index in [-0.39, 0.29) is 6.42 Å². The predicted octanol–water partition coefficient (Wildman–Crippen LogP) is 3.03. The van der Waals surface area contributed by atoms with E-state index in [1.165, 1.54) is 0 Å². The third-order valence-corrected chi connectivity index (χ3v) is 2.72. The molecule has 2 aromatic carbocycles. The van der Waals surface area contributed by atoms with Crippen LogP contribution in [-0.2, 0) is 0 Å². The van der Waals surface area contributed by atoms with Crippen molar-refractivity contribution in [1.82, 2.24) is 0 Å². The maximum absolute atomic E-state index is 9.91. The Balaban J connectivity index is 2.32. The molecule has 0 aliphatic heterocycles. The quantitative estimate of drug-likeness (QED) is 0.829. The first-order chi connectivity index (χ1) is 9.31. The van der Waals surface area contributed by atoms with Gasteiger partial charge in [-0.1, -0.05) is 48.2 Å². The van der Waals surface area contributed by atoms with Gasteiger partial charge in [0.25, 0.3) is 0 Å². The fraction of sp³-hybridized carbons (Fsp3) is 0.118. The van der Waals surface area contributed by atoms with Gasteiger partial charge in [-0.05, 0) is 23.8 Å². The number of nitrogens with zero attached hydrogens (tertiary/aromatic N) is 1. The molecule has 2 aromatic rings. The molecule has 1 atom stereocenters. The summed E-state index contributed by atoms with van der Waals surface area (Å²) in [6.07, 6.45) is -0.712. The first-order valence-electron chi connectivity index (χ1n) is 6.02. The van der Waals surface area contributed by atoms with Gasteiger partial charge >= 0.3 is 0 Å². The smallest absolute Gasteiger partial charge is 0.0931 e. The lowest BCUT2D eigenvalue weighted by Crippen LogP contribution is -1.99. The molecule has 0 amide bonds. The number of aliphatic hydroxyl groups is 1. The van der Waals surface area contributed by atoms with Crippen LogP contribution in [0.5, 0.6) is 0 Å². The van der Waals surface area contributed by atoms with Gasteiger partial charge in [-0.15, -0.1) is 0 Å². The summed E-state index contributed by atoms with van der Waals surface area (Å²) in [5.41, 5.74) is 2.38. The van der Waals surface area contributed by atoms with E-state index >= 15 is 0 Å². The summed E-state index contributed by atoms with van der Waals surface area (Å²) in [6.45, 7) is 0. The molecule has 19 heavy (non-hydrogen) atoms. The van der Waals surface area contributed by atoms with E-state index in [9.17, 15) is 5.11 Å². The van der Waals surface area contributed by atoms with Crippen molar-refractivity contribution < 1.29 is 5.11 Å². The monoisotopic (exact) mass is 247 g/mol. The Morgan fingerprint density at radius 2 is 1.63 bits per heavy atom. The molecule has 0 aliphatic carbocycles. The molecule has 0 saturated heterocycles. The lowest BCUT2D eigenvalue weighted by Gasteiger charge is -2.08. The van der Waals surface area contributed by atoms with Crippen molar-refractivity contribution >= 4 is 0 Å². The summed E-state index contributed by atoms with van der Waals surface area (Å²) in [6, 6.07) is 19.0. The Hall–Kier alpha value is -2.55. The number of aliphatic hydroxyl groups excluding tert-OH is 1. The predicted molar refractivity (Wildman–Crippen MR) is 74.1 cm³/mol. The fourth-order valence-corrected chi connectivity index (χ4v) is 1.76. The van der Waals surface area contributed by atoms with Gasteiger partial charge in [-0.3, -0.25) is 0 Å². The van der Waals surface area contributed by atoms with Crippen LogP contribution in [0.2, 0.25) is 0 Å². The molecule has 2 heteroatoms. The second-order valence-electron chi connectivity index (χ2n) is 4.08. The Morgan fingerprint density at radius 3 is 2.37 bits per heavy atom. The van der Waals surface area contributed by atoms with Gasteiger partial charge in [-0.25, -0.2) is 0 Å². The van der Waals surface area contributed by atoms with Crippen molar-refractivity contribution in [2.24, 2.45) is 0 Å². The van der Waals surface area contributed by atoms with Gasteiger partial charge in [0, 0.05) is 11.1 Å². The molecule has 2 rings (SSSR count). The number of nitriles is 1. The lowest BCUT2D eigenvalue weighted by atomic mass is 10.0. The van der Waals surface area contributed by atoms with Gasteiger partial charge in [-0.2, -0.15) is 5.26 Å². The minimum absolute atomic E-state index is 0.0734. The Labute approximate surface area is 112 Å². The maximum Gasteiger partial charge on any atom is 0.0931 e. The zero-order chi connectivity index (χ0) is 13.5. The average Bonchev–Trinajstić information content (AvgIpc) is 2.47. The molecule has 0 aromatic heterocycles. The van der Waals surface area contributed by atoms with E-state index in [0.717, 1.165) is 11.1 Å². The second kappa shape index (κ2) is 6.40. The van der Waals surface area contributed by atoms with E-state index in [0.29, 0.717) is 5.56 Å². The number of hydrogen-bond acceptors (Lipinski definition) is 2. The fourth-order valence-electron chi connectivity index (χ4n) is 1.76. The maximum atomic E-state index is 9.91. The highest BCUT2D eigenvalue weighted by Gasteiger charge is 2.09. The Bertz CT molecular complexity index is 644. The topological polar surface area (TPSA) is 44.0 Å². The summed E-state index contributed by atoms with van der Waals surface area (Å²) in [5, 5.41) is 18.6. The van der Waals surface area contributed by atoms with Gasteiger partial charge in [0.2, 0.25) is 0 Å². The molecule has 2 nitrogen and oxygen atoms in total. The minimum atomic E-state index is -0.786. The van der Waals surface area contributed by atoms with Crippen molar-refractivity contribution in [3.05, 3.63) is 71.3 Å². The largest absolute Gasteiger partial charge is 0.387 e. The van der Waals surface area contributed by atoms with Crippen LogP contribution in [0.1, 0.15) is 29.2 Å². The van der Waals surface area contributed by atoms with Crippen LogP contribution in [0.3, 0.4) is 0 Å². The van der Waals surface area contributed by atoms with Crippen LogP contribution >= 0.6 is 0 Å².